The van der Waals surface area contributed by atoms with Gasteiger partial charge in [0, 0.05) is 12.4 Å². The minimum Gasteiger partial charge on any atom is -0.485 e. The van der Waals surface area contributed by atoms with E-state index in [4.69, 9.17) is 14.2 Å². The molecule has 124 valence electrons. The average molecular weight is 328 g/mol. The van der Waals surface area contributed by atoms with Crippen LogP contribution in [0.4, 0.5) is 0 Å². The maximum absolute atomic E-state index is 12.0. The summed E-state index contributed by atoms with van der Waals surface area (Å²) in [5.41, 5.74) is 0.449. The van der Waals surface area contributed by atoms with E-state index in [0.717, 1.165) is 0 Å². The fourth-order valence-electron chi connectivity index (χ4n) is 2.14. The summed E-state index contributed by atoms with van der Waals surface area (Å²) < 4.78 is 16.1. The van der Waals surface area contributed by atoms with Gasteiger partial charge < -0.3 is 19.5 Å². The topological polar surface area (TPSA) is 86.8 Å². The van der Waals surface area contributed by atoms with E-state index >= 15 is 0 Å². The molecule has 24 heavy (non-hydrogen) atoms. The molecule has 0 spiro atoms. The van der Waals surface area contributed by atoms with Gasteiger partial charge >= 0.3 is 5.97 Å². The number of hydrogen-bond acceptors (Lipinski definition) is 6. The number of amides is 1. The summed E-state index contributed by atoms with van der Waals surface area (Å²) in [6, 6.07) is 10.4. The Bertz CT molecular complexity index is 720. The molecule has 1 atom stereocenters. The van der Waals surface area contributed by atoms with Gasteiger partial charge in [0.25, 0.3) is 5.91 Å². The number of hydrogen-bond donors (Lipinski definition) is 1. The van der Waals surface area contributed by atoms with Crippen LogP contribution in [-0.2, 0) is 9.53 Å². The molecule has 1 aliphatic rings. The number of pyridine rings is 1. The number of para-hydroxylation sites is 2. The minimum absolute atomic E-state index is 0.0480. The Hall–Kier alpha value is -3.09. The quantitative estimate of drug-likeness (QED) is 0.655. The summed E-state index contributed by atoms with van der Waals surface area (Å²) in [5.74, 6) is 0.311. The van der Waals surface area contributed by atoms with Gasteiger partial charge in [-0.2, -0.15) is 0 Å². The van der Waals surface area contributed by atoms with Gasteiger partial charge in [0.1, 0.15) is 13.2 Å². The third-order valence-corrected chi connectivity index (χ3v) is 3.33. The van der Waals surface area contributed by atoms with Crippen LogP contribution >= 0.6 is 0 Å². The van der Waals surface area contributed by atoms with Crippen molar-refractivity contribution >= 4 is 11.9 Å². The maximum atomic E-state index is 12.0. The van der Waals surface area contributed by atoms with Crippen molar-refractivity contribution in [2.75, 3.05) is 19.8 Å². The van der Waals surface area contributed by atoms with Crippen LogP contribution in [0, 0.1) is 0 Å². The molecule has 0 unspecified atom stereocenters. The van der Waals surface area contributed by atoms with E-state index in [0.29, 0.717) is 17.1 Å². The highest BCUT2D eigenvalue weighted by atomic mass is 16.6. The molecule has 1 aliphatic heterocycles. The van der Waals surface area contributed by atoms with Crippen molar-refractivity contribution in [2.24, 2.45) is 0 Å². The summed E-state index contributed by atoms with van der Waals surface area (Å²) in [5, 5.41) is 2.64. The SMILES string of the molecule is O=C(NCCOC(=O)[C@H]1COc2ccccc2O1)c1cccnc1. The molecule has 1 aromatic carbocycles. The Morgan fingerprint density at radius 1 is 1.21 bits per heavy atom. The van der Waals surface area contributed by atoms with E-state index in [1.165, 1.54) is 6.20 Å². The molecule has 0 fully saturated rings. The molecule has 0 saturated carbocycles. The van der Waals surface area contributed by atoms with Crippen LogP contribution in [0.15, 0.2) is 48.8 Å². The van der Waals surface area contributed by atoms with Crippen LogP contribution in [-0.4, -0.2) is 42.7 Å². The first-order chi connectivity index (χ1) is 11.7. The Morgan fingerprint density at radius 3 is 2.83 bits per heavy atom. The predicted molar refractivity (Wildman–Crippen MR) is 83.9 cm³/mol. The zero-order valence-electron chi connectivity index (χ0n) is 12.8. The highest BCUT2D eigenvalue weighted by Crippen LogP contribution is 2.31. The molecule has 0 bridgehead atoms. The number of nitrogens with one attached hydrogen (secondary N) is 1. The lowest BCUT2D eigenvalue weighted by molar-refractivity contribution is -0.154. The van der Waals surface area contributed by atoms with Gasteiger partial charge in [-0.25, -0.2) is 4.79 Å². The Morgan fingerprint density at radius 2 is 2.04 bits per heavy atom. The number of carbonyl (C=O) groups excluding carboxylic acids is 2. The third-order valence-electron chi connectivity index (χ3n) is 3.33. The summed E-state index contributed by atoms with van der Waals surface area (Å²) in [7, 11) is 0. The van der Waals surface area contributed by atoms with Crippen LogP contribution in [0.25, 0.3) is 0 Å². The summed E-state index contributed by atoms with van der Waals surface area (Å²) in [6.45, 7) is 0.341. The monoisotopic (exact) mass is 328 g/mol. The van der Waals surface area contributed by atoms with Gasteiger partial charge in [-0.05, 0) is 24.3 Å². The van der Waals surface area contributed by atoms with Crippen molar-refractivity contribution in [1.29, 1.82) is 0 Å². The van der Waals surface area contributed by atoms with E-state index in [9.17, 15) is 9.59 Å². The lowest BCUT2D eigenvalue weighted by atomic mass is 10.2. The van der Waals surface area contributed by atoms with E-state index in [-0.39, 0.29) is 25.7 Å². The number of carbonyl (C=O) groups is 2. The van der Waals surface area contributed by atoms with Gasteiger partial charge in [0.15, 0.2) is 11.5 Å². The largest absolute Gasteiger partial charge is 0.485 e. The van der Waals surface area contributed by atoms with Gasteiger partial charge in [0.05, 0.1) is 12.1 Å². The van der Waals surface area contributed by atoms with Crippen molar-refractivity contribution in [1.82, 2.24) is 10.3 Å². The summed E-state index contributed by atoms with van der Waals surface area (Å²) in [6.07, 6.45) is 2.24. The zero-order valence-corrected chi connectivity index (χ0v) is 12.8. The molecule has 1 amide bonds. The molecule has 3 rings (SSSR count). The molecule has 1 aromatic heterocycles. The normalized spacial score (nSPS) is 15.4. The van der Waals surface area contributed by atoms with Crippen molar-refractivity contribution in [2.45, 2.75) is 6.10 Å². The molecule has 2 heterocycles. The molecular weight excluding hydrogens is 312 g/mol. The van der Waals surface area contributed by atoms with Crippen LogP contribution in [0.1, 0.15) is 10.4 Å². The van der Waals surface area contributed by atoms with Gasteiger partial charge in [0.2, 0.25) is 6.10 Å². The minimum atomic E-state index is -0.811. The first kappa shape index (κ1) is 15.8. The van der Waals surface area contributed by atoms with E-state index in [1.54, 1.807) is 36.5 Å². The Labute approximate surface area is 138 Å². The van der Waals surface area contributed by atoms with Crippen LogP contribution in [0.3, 0.4) is 0 Å². The first-order valence-electron chi connectivity index (χ1n) is 7.47. The first-order valence-corrected chi connectivity index (χ1v) is 7.47. The number of aromatic nitrogens is 1. The predicted octanol–water partition coefficient (Wildman–Crippen LogP) is 1.19. The van der Waals surface area contributed by atoms with E-state index < -0.39 is 12.1 Å². The van der Waals surface area contributed by atoms with Crippen molar-refractivity contribution in [3.8, 4) is 11.5 Å². The molecule has 0 aliphatic carbocycles. The van der Waals surface area contributed by atoms with Gasteiger partial charge in [-0.3, -0.25) is 9.78 Å². The standard InChI is InChI=1S/C17H16N2O5/c20-16(12-4-3-7-18-10-12)19-8-9-22-17(21)15-11-23-13-5-1-2-6-14(13)24-15/h1-7,10,15H,8-9,11H2,(H,19,20)/t15-/m1/s1. The Balaban J connectivity index is 1.41. The highest BCUT2D eigenvalue weighted by Gasteiger charge is 2.28. The van der Waals surface area contributed by atoms with Gasteiger partial charge in [-0.15, -0.1) is 0 Å². The summed E-state index contributed by atoms with van der Waals surface area (Å²) >= 11 is 0. The number of esters is 1. The van der Waals surface area contributed by atoms with Crippen molar-refractivity contribution in [3.05, 3.63) is 54.4 Å². The number of rotatable bonds is 5. The van der Waals surface area contributed by atoms with Gasteiger partial charge in [-0.1, -0.05) is 12.1 Å². The molecule has 1 N–H and O–H groups in total. The summed E-state index contributed by atoms with van der Waals surface area (Å²) in [4.78, 5) is 27.6. The fraction of sp³-hybridized carbons (Fsp3) is 0.235. The lowest BCUT2D eigenvalue weighted by Crippen LogP contribution is -2.39. The average Bonchev–Trinajstić information content (AvgIpc) is 2.65. The van der Waals surface area contributed by atoms with Crippen molar-refractivity contribution in [3.63, 3.8) is 0 Å². The fourth-order valence-corrected chi connectivity index (χ4v) is 2.14. The van der Waals surface area contributed by atoms with Crippen LogP contribution in [0.5, 0.6) is 11.5 Å². The Kier molecular flexibility index (Phi) is 4.90. The zero-order chi connectivity index (χ0) is 16.8. The molecular formula is C17H16N2O5. The number of benzene rings is 1. The molecule has 0 saturated heterocycles. The molecule has 7 nitrogen and oxygen atoms in total. The number of nitrogens with zero attached hydrogens (tertiary/aromatic N) is 1. The van der Waals surface area contributed by atoms with Crippen LogP contribution in [0.2, 0.25) is 0 Å². The third kappa shape index (κ3) is 3.81. The second-order valence-electron chi connectivity index (χ2n) is 5.03. The van der Waals surface area contributed by atoms with Crippen LogP contribution < -0.4 is 14.8 Å². The number of fused-ring (bicyclic) bond motifs is 1. The van der Waals surface area contributed by atoms with E-state index in [2.05, 4.69) is 10.3 Å². The maximum Gasteiger partial charge on any atom is 0.351 e. The molecule has 0 radical (unpaired) electrons. The number of ether oxygens (including phenoxy) is 3. The molecule has 2 aromatic rings. The highest BCUT2D eigenvalue weighted by molar-refractivity contribution is 5.93. The second kappa shape index (κ2) is 7.45. The van der Waals surface area contributed by atoms with E-state index in [1.807, 2.05) is 6.07 Å². The smallest absolute Gasteiger partial charge is 0.351 e. The molecule has 7 heteroatoms. The lowest BCUT2D eigenvalue weighted by Gasteiger charge is -2.24. The second-order valence-corrected chi connectivity index (χ2v) is 5.03. The van der Waals surface area contributed by atoms with Crippen molar-refractivity contribution < 1.29 is 23.8 Å².